The molecule has 13 nitrogen and oxygen atoms in total. The summed E-state index contributed by atoms with van der Waals surface area (Å²) in [6.07, 6.45) is 24.7. The van der Waals surface area contributed by atoms with Gasteiger partial charge in [0.25, 0.3) is 16.2 Å². The maximum atomic E-state index is 14.0. The lowest BCUT2D eigenvalue weighted by Crippen LogP contribution is -2.45. The Morgan fingerprint density at radius 3 is 1.66 bits per heavy atom. The zero-order chi connectivity index (χ0) is 64.4. The maximum Gasteiger partial charge on any atom is 0.310 e. The van der Waals surface area contributed by atoms with E-state index in [1.54, 1.807) is 16.2 Å². The maximum absolute atomic E-state index is 14.0. The first-order valence-corrected chi connectivity index (χ1v) is 31.1. The molecule has 3 aromatic rings. The van der Waals surface area contributed by atoms with Gasteiger partial charge in [-0.05, 0) is 172 Å². The molecular weight excluding hydrogens is 1160 g/mol. The van der Waals surface area contributed by atoms with Gasteiger partial charge in [0.15, 0.2) is 5.78 Å². The van der Waals surface area contributed by atoms with Crippen molar-refractivity contribution < 1.29 is 32.6 Å². The first-order valence-electron chi connectivity index (χ1n) is 28.7. The van der Waals surface area contributed by atoms with Crippen molar-refractivity contribution in [2.45, 2.75) is 128 Å². The number of fused-ring (bicyclic) bond motifs is 3. The fraction of sp³-hybridized carbons (Fsp3) is 0.347. The van der Waals surface area contributed by atoms with E-state index >= 15 is 0 Å². The molecule has 5 aliphatic rings. The Hall–Kier alpha value is -11.1. The highest BCUT2D eigenvalue weighted by molar-refractivity contribution is 7.86. The van der Waals surface area contributed by atoms with Crippen LogP contribution in [0.4, 0.5) is 0 Å². The van der Waals surface area contributed by atoms with Gasteiger partial charge in [0.1, 0.15) is 16.6 Å². The van der Waals surface area contributed by atoms with Crippen molar-refractivity contribution >= 4 is 50.2 Å². The van der Waals surface area contributed by atoms with Crippen LogP contribution in [-0.4, -0.2) is 86.7 Å². The summed E-state index contributed by atoms with van der Waals surface area (Å²) in [4.78, 5) is 52.1. The van der Waals surface area contributed by atoms with Gasteiger partial charge in [-0.3, -0.25) is 19.0 Å². The Balaban J connectivity index is 0.000000268. The van der Waals surface area contributed by atoms with Crippen LogP contribution in [0.3, 0.4) is 0 Å². The third kappa shape index (κ3) is 21.4. The van der Waals surface area contributed by atoms with Gasteiger partial charge < -0.3 is 14.7 Å². The van der Waals surface area contributed by atoms with Crippen LogP contribution in [0.1, 0.15) is 122 Å². The summed E-state index contributed by atoms with van der Waals surface area (Å²) in [6.45, 7) is 7.61. The van der Waals surface area contributed by atoms with Crippen molar-refractivity contribution in [3.05, 3.63) is 41.4 Å². The third-order valence-electron chi connectivity index (χ3n) is 14.4. The number of aliphatic carboxylic acids is 1. The lowest BCUT2D eigenvalue weighted by molar-refractivity contribution is -0.147. The number of carboxylic acid groups (broad SMARTS) is 1. The van der Waals surface area contributed by atoms with Crippen molar-refractivity contribution in [3.8, 4) is 219 Å². The van der Waals surface area contributed by atoms with Crippen molar-refractivity contribution in [2.75, 3.05) is 19.6 Å². The SMILES string of the molecule is C#CC#CC#CC#CC#CC#CC#CC#CC#CC#CC#CC#CC#CC#CC#CC#CC#C.CC(C)n1c(O[C@@H]2C[C@H]3C(=O)C[C@]4(C(=O)O)C[C@H]4/C=C\CCCCC[C@H](C)C(=O)N3C2)nc2c(-c3nc(C4CCCC4)cs3)cccc21.NS(=O)(=O)N1CCC1. The molecule has 0 spiro atoms. The minimum absolute atomic E-state index is 0.0503. The first-order chi connectivity index (χ1) is 43.7. The second-order valence-corrected chi connectivity index (χ2v) is 23.2. The number of terminal acetylenes is 2. The number of amides is 1. The van der Waals surface area contributed by atoms with Crippen LogP contribution in [-0.2, 0) is 24.6 Å². The number of Topliss-reactive ketones (excluding diaryl/α,β-unsaturated/α-hetero) is 1. The van der Waals surface area contributed by atoms with Crippen molar-refractivity contribution in [3.63, 3.8) is 0 Å². The fourth-order valence-electron chi connectivity index (χ4n) is 9.83. The Morgan fingerprint density at radius 2 is 1.21 bits per heavy atom. The van der Waals surface area contributed by atoms with E-state index in [9.17, 15) is 27.9 Å². The summed E-state index contributed by atoms with van der Waals surface area (Å²) in [5, 5.41) is 18.1. The molecule has 3 aliphatic heterocycles. The summed E-state index contributed by atoms with van der Waals surface area (Å²) in [5.41, 5.74) is 2.87. The molecule has 2 aromatic heterocycles. The molecule has 0 radical (unpaired) electrons. The van der Waals surface area contributed by atoms with Gasteiger partial charge in [-0.25, -0.2) is 10.1 Å². The number of para-hydroxylation sites is 1. The van der Waals surface area contributed by atoms with Gasteiger partial charge in [-0.2, -0.15) is 17.7 Å². The zero-order valence-corrected chi connectivity index (χ0v) is 51.6. The Labute approximate surface area is 534 Å². The molecule has 442 valence electrons. The number of thiazole rings is 1. The van der Waals surface area contributed by atoms with E-state index in [0.29, 0.717) is 37.9 Å². The largest absolute Gasteiger partial charge is 0.481 e. The van der Waals surface area contributed by atoms with Gasteiger partial charge in [-0.15, -0.1) is 24.2 Å². The van der Waals surface area contributed by atoms with E-state index in [2.05, 4.69) is 231 Å². The number of carbonyl (C=O) groups is 3. The van der Waals surface area contributed by atoms with Crippen LogP contribution in [0.25, 0.3) is 21.6 Å². The Morgan fingerprint density at radius 1 is 0.711 bits per heavy atom. The monoisotopic (exact) mass is 1220 g/mol. The highest BCUT2D eigenvalue weighted by atomic mass is 32.2. The van der Waals surface area contributed by atoms with E-state index in [1.165, 1.54) is 35.7 Å². The van der Waals surface area contributed by atoms with Gasteiger partial charge >= 0.3 is 5.97 Å². The van der Waals surface area contributed by atoms with Crippen LogP contribution < -0.4 is 9.88 Å². The predicted octanol–water partition coefficient (Wildman–Crippen LogP) is 7.15. The summed E-state index contributed by atoms with van der Waals surface area (Å²) < 4.78 is 30.6. The number of ether oxygens (including phenoxy) is 1. The molecule has 5 heterocycles. The highest BCUT2D eigenvalue weighted by Crippen LogP contribution is 2.57. The number of nitrogens with zero attached hydrogens (tertiary/aromatic N) is 5. The smallest absolute Gasteiger partial charge is 0.310 e. The molecule has 0 bridgehead atoms. The molecule has 8 rings (SSSR count). The van der Waals surface area contributed by atoms with Gasteiger partial charge in [0.2, 0.25) is 5.91 Å². The average molecular weight is 1220 g/mol. The number of carboxylic acids is 1. The highest BCUT2D eigenvalue weighted by Gasteiger charge is 2.61. The van der Waals surface area contributed by atoms with Crippen molar-refractivity contribution in [1.82, 2.24) is 23.7 Å². The van der Waals surface area contributed by atoms with Gasteiger partial charge in [0, 0.05) is 149 Å². The van der Waals surface area contributed by atoms with Crippen LogP contribution >= 0.6 is 11.3 Å². The predicted molar refractivity (Wildman–Crippen MR) is 350 cm³/mol. The molecular formula is C75H58N6O7S2. The molecule has 1 aromatic carbocycles. The molecule has 0 unspecified atom stereocenters. The molecule has 2 saturated heterocycles. The number of allylic oxidation sites excluding steroid dienone is 2. The molecule has 1 amide bonds. The van der Waals surface area contributed by atoms with Crippen LogP contribution in [0.5, 0.6) is 6.01 Å². The number of hydrogen-bond acceptors (Lipinski definition) is 9. The third-order valence-corrected chi connectivity index (χ3v) is 16.4. The quantitative estimate of drug-likeness (QED) is 0.184. The molecule has 2 saturated carbocycles. The number of nitrogens with two attached hydrogens (primary N) is 1. The summed E-state index contributed by atoms with van der Waals surface area (Å²) in [7, 11) is -3.33. The lowest BCUT2D eigenvalue weighted by Gasteiger charge is -2.27. The molecule has 3 N–H and O–H groups in total. The Bertz CT molecular complexity index is 4410. The number of hydrogen-bond donors (Lipinski definition) is 2. The van der Waals surface area contributed by atoms with E-state index in [-0.39, 0.29) is 42.5 Å². The van der Waals surface area contributed by atoms with E-state index in [1.807, 2.05) is 19.1 Å². The minimum atomic E-state index is -3.33. The standard InChI is InChI=1S/C38H48N4O5S.C34H2.C3H8N2O2S/c1-23(2)42-30-17-11-16-28(34-39-29(22-48-34)25-13-9-10-14-25)33(30)40-37(42)47-27-18-31-32(43)20-38(36(45)46)19-26(38)15-8-6-4-5-7-12-24(3)35(44)41(31)21-27;1-3-5-7-9-11-13-15-17-19-21-23-25-27-29-31-33-34-32-30-28-26-24-22-20-18-16-14-12-10-8-6-4-2;4-8(6,7)5-2-1-3-5/h8,11,15-17,22-27,31H,4-7,9-10,12-14,18-21H2,1-3H3,(H,45,46);1-2H;1-3H2,(H2,4,6,7)/b15-8-;;/t24-,26+,27+,31-,38+;;/m0../s1. The number of ketones is 1. The summed E-state index contributed by atoms with van der Waals surface area (Å²) in [5.74, 6) is 77.2. The number of imidazole rings is 1. The lowest BCUT2D eigenvalue weighted by atomic mass is 9.91. The molecule has 5 atom stereocenters. The van der Waals surface area contributed by atoms with E-state index in [0.717, 1.165) is 60.1 Å². The number of carbonyl (C=O) groups excluding carboxylic acids is 2. The Kier molecular flexibility index (Phi) is 27.3. The summed E-state index contributed by atoms with van der Waals surface area (Å²) in [6, 6.07) is 5.98. The number of aromatic nitrogens is 3. The molecule has 15 heteroatoms. The van der Waals surface area contributed by atoms with Crippen LogP contribution in [0.15, 0.2) is 35.7 Å². The van der Waals surface area contributed by atoms with Crippen molar-refractivity contribution in [1.29, 1.82) is 0 Å². The minimum Gasteiger partial charge on any atom is -0.481 e. The first kappa shape index (κ1) is 68.0. The van der Waals surface area contributed by atoms with Crippen molar-refractivity contribution in [2.24, 2.45) is 22.4 Å². The van der Waals surface area contributed by atoms with Gasteiger partial charge in [0.05, 0.1) is 29.2 Å². The summed E-state index contributed by atoms with van der Waals surface area (Å²) >= 11 is 1.67. The average Bonchev–Trinajstić information content (AvgIpc) is 1.67. The number of benzene rings is 1. The second kappa shape index (κ2) is 36.1. The second-order valence-electron chi connectivity index (χ2n) is 20.8. The topological polar surface area (TPSA) is 178 Å². The molecule has 90 heavy (non-hydrogen) atoms. The molecule has 2 aliphatic carbocycles. The normalized spacial score (nSPS) is 19.2. The fourth-order valence-corrected chi connectivity index (χ4v) is 11.5. The van der Waals surface area contributed by atoms with E-state index in [4.69, 9.17) is 32.7 Å². The van der Waals surface area contributed by atoms with Crippen LogP contribution in [0.2, 0.25) is 0 Å². The zero-order valence-electron chi connectivity index (χ0n) is 49.9. The number of rotatable bonds is 7. The molecule has 4 fully saturated rings. The van der Waals surface area contributed by atoms with E-state index < -0.39 is 33.7 Å². The van der Waals surface area contributed by atoms with Crippen LogP contribution in [0, 0.1) is 220 Å². The van der Waals surface area contributed by atoms with Gasteiger partial charge in [-0.1, -0.05) is 50.8 Å².